The third kappa shape index (κ3) is 11.6. The van der Waals surface area contributed by atoms with E-state index in [2.05, 4.69) is 267 Å². The van der Waals surface area contributed by atoms with Crippen LogP contribution >= 0.6 is 34.3 Å². The van der Waals surface area contributed by atoms with Gasteiger partial charge in [-0.1, -0.05) is 309 Å². The van der Waals surface area contributed by atoms with E-state index in [1.54, 1.807) is 12.1 Å². The third-order valence-electron chi connectivity index (χ3n) is 19.4. The molecule has 20 rings (SSSR count). The molecule has 0 unspecified atom stereocenters. The number of fused-ring (bicyclic) bond motifs is 18. The number of hydrogen-bond acceptors (Lipinski definition) is 8. The molecule has 0 aliphatic heterocycles. The molecule has 0 radical (unpaired) electrons. The number of aromatic nitrogens is 4. The molecule has 102 heavy (non-hydrogen) atoms. The minimum atomic E-state index is -1.43. The van der Waals surface area contributed by atoms with Crippen LogP contribution in [-0.4, -0.2) is 37.1 Å². The normalized spacial score (nSPS) is 11.5. The van der Waals surface area contributed by atoms with Gasteiger partial charge < -0.3 is 10.0 Å². The van der Waals surface area contributed by atoms with Crippen LogP contribution < -0.4 is 5.46 Å². The predicted octanol–water partition coefficient (Wildman–Crippen LogP) is 24.3. The number of hydrogen-bond donors (Lipinski definition) is 2. The number of thiophene rings is 2. The molecule has 2 N–H and O–H groups in total. The highest BCUT2D eigenvalue weighted by Gasteiger charge is 2.18. The van der Waals surface area contributed by atoms with Gasteiger partial charge in [-0.15, -0.1) is 22.7 Å². The van der Waals surface area contributed by atoms with Crippen molar-refractivity contribution < 1.29 is 10.0 Å². The van der Waals surface area contributed by atoms with Crippen LogP contribution in [0.2, 0.25) is 5.02 Å². The van der Waals surface area contributed by atoms with Crippen LogP contribution in [0.5, 0.6) is 0 Å². The Labute approximate surface area is 601 Å². The molecule has 4 aromatic heterocycles. The quantitative estimate of drug-likeness (QED) is 0.116. The first-order chi connectivity index (χ1) is 50.3. The van der Waals surface area contributed by atoms with E-state index < -0.39 is 7.12 Å². The lowest BCUT2D eigenvalue weighted by Gasteiger charge is -2.11. The standard InChI is InChI=1S/C46H28N2S.C24H17BO2S.C22H13ClN2/c1-3-14-39-36(11-1)37-12-2-4-15-40(37)45-44(39)47-28-42(48-45)34-10-7-9-33(27-34)31-21-19-29(20-22-31)30-23-25-32(26-24-30)35-16-8-17-41-38-13-5-6-18-43(38)49-46(35)41;26-25(27)19-14-12-17(13-15-19)16-8-10-18(11-9-16)20-5-3-6-22-21-4-1-2-7-23(21)28-24(20)22;23-15-7-5-6-14(12-15)20-13-24-21-18-10-3-1-8-16(18)17-9-2-4-11-19(17)22(21)25-20/h1-28H;1-15,26-27H;1-13H. The second kappa shape index (κ2) is 26.6. The van der Waals surface area contributed by atoms with Gasteiger partial charge in [-0.3, -0.25) is 9.97 Å². The Bertz CT molecular complexity index is 6550. The number of halogens is 1. The van der Waals surface area contributed by atoms with Crippen LogP contribution in [0, 0.1) is 0 Å². The first-order valence-electron chi connectivity index (χ1n) is 33.9. The lowest BCUT2D eigenvalue weighted by atomic mass is 9.80. The maximum atomic E-state index is 9.24. The summed E-state index contributed by atoms with van der Waals surface area (Å²) in [5, 5.41) is 33.8. The Morgan fingerprint density at radius 3 is 0.980 bits per heavy atom. The highest BCUT2D eigenvalue weighted by molar-refractivity contribution is 7.26. The second-order valence-electron chi connectivity index (χ2n) is 25.5. The van der Waals surface area contributed by atoms with Crippen LogP contribution in [-0.2, 0) is 0 Å². The monoisotopic (exact) mass is 1360 g/mol. The fraction of sp³-hybridized carbons (Fsp3) is 0. The van der Waals surface area contributed by atoms with Crippen molar-refractivity contribution in [1.82, 2.24) is 19.9 Å². The van der Waals surface area contributed by atoms with Crippen molar-refractivity contribution in [2.24, 2.45) is 0 Å². The van der Waals surface area contributed by atoms with Crippen LogP contribution in [0.4, 0.5) is 0 Å². The van der Waals surface area contributed by atoms with Crippen molar-refractivity contribution in [3.8, 4) is 78.1 Å². The highest BCUT2D eigenvalue weighted by Crippen LogP contribution is 2.43. The fourth-order valence-corrected chi connectivity index (χ4v) is 17.0. The van der Waals surface area contributed by atoms with Gasteiger partial charge >= 0.3 is 7.12 Å². The summed E-state index contributed by atoms with van der Waals surface area (Å²) in [5.74, 6) is 0. The van der Waals surface area contributed by atoms with Gasteiger partial charge in [0.1, 0.15) is 0 Å². The van der Waals surface area contributed by atoms with E-state index >= 15 is 0 Å². The van der Waals surface area contributed by atoms with Crippen molar-refractivity contribution in [3.05, 3.63) is 345 Å². The third-order valence-corrected chi connectivity index (χ3v) is 22.1. The van der Waals surface area contributed by atoms with E-state index in [0.29, 0.717) is 10.5 Å². The van der Waals surface area contributed by atoms with Crippen LogP contribution in [0.25, 0.3) is 184 Å². The molecule has 480 valence electrons. The van der Waals surface area contributed by atoms with E-state index in [1.807, 2.05) is 83.6 Å². The van der Waals surface area contributed by atoms with Crippen molar-refractivity contribution in [2.45, 2.75) is 0 Å². The molecule has 10 heteroatoms. The van der Waals surface area contributed by atoms with E-state index in [-0.39, 0.29) is 0 Å². The molecule has 4 heterocycles. The lowest BCUT2D eigenvalue weighted by Crippen LogP contribution is -2.29. The molecule has 0 amide bonds. The van der Waals surface area contributed by atoms with E-state index in [1.165, 1.54) is 101 Å². The molecule has 0 spiro atoms. The number of benzene rings is 16. The smallest absolute Gasteiger partial charge is 0.423 e. The molecule has 0 aliphatic rings. The van der Waals surface area contributed by atoms with Crippen molar-refractivity contribution in [3.63, 3.8) is 0 Å². The molecule has 20 aromatic rings. The van der Waals surface area contributed by atoms with Crippen LogP contribution in [0.1, 0.15) is 0 Å². The summed E-state index contributed by atoms with van der Waals surface area (Å²) in [7, 11) is -1.43. The maximum Gasteiger partial charge on any atom is 0.488 e. The fourth-order valence-electron chi connectivity index (χ4n) is 14.4. The van der Waals surface area contributed by atoms with Gasteiger partial charge in [0, 0.05) is 78.0 Å². The molecule has 0 atom stereocenters. The summed E-state index contributed by atoms with van der Waals surface area (Å²) in [6.07, 6.45) is 3.74. The van der Waals surface area contributed by atoms with Gasteiger partial charge in [-0.25, -0.2) is 9.97 Å². The Morgan fingerprint density at radius 1 is 0.255 bits per heavy atom. The second-order valence-corrected chi connectivity index (χ2v) is 28.0. The van der Waals surface area contributed by atoms with Gasteiger partial charge in [0.25, 0.3) is 0 Å². The molecule has 0 bridgehead atoms. The van der Waals surface area contributed by atoms with Gasteiger partial charge in [0.15, 0.2) is 0 Å². The van der Waals surface area contributed by atoms with Gasteiger partial charge in [-0.05, 0) is 113 Å². The Balaban J connectivity index is 0.000000119. The largest absolute Gasteiger partial charge is 0.488 e. The molecule has 16 aromatic carbocycles. The van der Waals surface area contributed by atoms with E-state index in [0.717, 1.165) is 82.8 Å². The predicted molar refractivity (Wildman–Crippen MR) is 434 cm³/mol. The lowest BCUT2D eigenvalue weighted by molar-refractivity contribution is 0.426. The first-order valence-corrected chi connectivity index (χ1v) is 35.9. The van der Waals surface area contributed by atoms with Crippen LogP contribution in [0.3, 0.4) is 0 Å². The number of rotatable bonds is 8. The first kappa shape index (κ1) is 62.2. The minimum absolute atomic E-state index is 0.497. The molecule has 0 aliphatic carbocycles. The topological polar surface area (TPSA) is 92.0 Å². The van der Waals surface area contributed by atoms with Gasteiger partial charge in [-0.2, -0.15) is 0 Å². The van der Waals surface area contributed by atoms with Crippen molar-refractivity contribution in [2.75, 3.05) is 0 Å². The van der Waals surface area contributed by atoms with Crippen LogP contribution in [0.15, 0.2) is 340 Å². The van der Waals surface area contributed by atoms with Crippen molar-refractivity contribution in [1.29, 1.82) is 0 Å². The minimum Gasteiger partial charge on any atom is -0.423 e. The maximum absolute atomic E-state index is 9.24. The zero-order valence-electron chi connectivity index (χ0n) is 54.8. The Morgan fingerprint density at radius 2 is 0.569 bits per heavy atom. The molecular weight excluding hydrogens is 1300 g/mol. The van der Waals surface area contributed by atoms with E-state index in [9.17, 15) is 10.0 Å². The molecule has 0 saturated carbocycles. The molecule has 0 fully saturated rings. The molecular formula is C92H58BClN4O2S2. The summed E-state index contributed by atoms with van der Waals surface area (Å²) in [6.45, 7) is 0. The summed E-state index contributed by atoms with van der Waals surface area (Å²) < 4.78 is 5.31. The Kier molecular flexibility index (Phi) is 16.2. The summed E-state index contributed by atoms with van der Waals surface area (Å²) >= 11 is 9.85. The summed E-state index contributed by atoms with van der Waals surface area (Å²) in [4.78, 5) is 19.9. The zero-order valence-corrected chi connectivity index (χ0v) is 57.2. The highest BCUT2D eigenvalue weighted by atomic mass is 35.5. The molecule has 6 nitrogen and oxygen atoms in total. The van der Waals surface area contributed by atoms with Gasteiger partial charge in [0.05, 0.1) is 45.8 Å². The summed E-state index contributed by atoms with van der Waals surface area (Å²) in [6, 6.07) is 114. The van der Waals surface area contributed by atoms with Crippen molar-refractivity contribution >= 4 is 152 Å². The zero-order chi connectivity index (χ0) is 68.2. The molecule has 0 saturated heterocycles. The SMILES string of the molecule is Clc1cccc(-c2cnc3c4ccccc4c4ccccc4c3n2)c1.OB(O)c1ccc(-c2ccc(-c3cccc4c3sc3ccccc34)cc2)cc1.c1cc(-c2ccc(-c3ccc(-c4cccc5c4sc4ccccc45)cc3)cc2)cc(-c2cnc3c4ccccc4c4ccccc4c3n2)c1. The Hall–Kier alpha value is -12.0. The van der Waals surface area contributed by atoms with Gasteiger partial charge in [0.2, 0.25) is 0 Å². The van der Waals surface area contributed by atoms with E-state index in [4.69, 9.17) is 31.5 Å². The number of nitrogens with zero attached hydrogens (tertiary/aromatic N) is 4. The average Bonchev–Trinajstić information content (AvgIpc) is 1.42. The average molecular weight is 1360 g/mol. The summed E-state index contributed by atoms with van der Waals surface area (Å²) in [5.41, 5.74) is 19.8.